The fourth-order valence-corrected chi connectivity index (χ4v) is 3.24. The maximum absolute atomic E-state index is 5.96. The minimum absolute atomic E-state index is 0. The molecular weight excluding hydrogens is 491 g/mol. The molecule has 1 aromatic heterocycles. The van der Waals surface area contributed by atoms with Gasteiger partial charge < -0.3 is 19.9 Å². The SMILES string of the molecule is CCNC(=NCC(c1cnn(C)c1)N(C)C)N(C)CCOc1cc(C)cc(C)c1.I. The number of likely N-dealkylation sites (N-methyl/N-ethyl adjacent to an activating group) is 2. The number of benzene rings is 1. The van der Waals surface area contributed by atoms with Crippen LogP contribution in [0.3, 0.4) is 0 Å². The number of hydrogen-bond donors (Lipinski definition) is 1. The van der Waals surface area contributed by atoms with Crippen LogP contribution in [0.15, 0.2) is 35.6 Å². The molecule has 8 heteroatoms. The Kier molecular flexibility index (Phi) is 11.2. The van der Waals surface area contributed by atoms with Crippen molar-refractivity contribution in [3.8, 4) is 5.75 Å². The second-order valence-corrected chi connectivity index (χ2v) is 7.71. The highest BCUT2D eigenvalue weighted by molar-refractivity contribution is 14.0. The lowest BCUT2D eigenvalue weighted by Gasteiger charge is -2.25. The van der Waals surface area contributed by atoms with E-state index in [1.54, 1.807) is 0 Å². The van der Waals surface area contributed by atoms with Crippen molar-refractivity contribution >= 4 is 29.9 Å². The number of hydrogen-bond acceptors (Lipinski definition) is 4. The topological polar surface area (TPSA) is 57.9 Å². The van der Waals surface area contributed by atoms with Gasteiger partial charge in [0.25, 0.3) is 0 Å². The largest absolute Gasteiger partial charge is 0.492 e. The van der Waals surface area contributed by atoms with Crippen LogP contribution in [-0.4, -0.2) is 72.9 Å². The zero-order chi connectivity index (χ0) is 21.4. The van der Waals surface area contributed by atoms with Gasteiger partial charge in [0, 0.05) is 32.4 Å². The van der Waals surface area contributed by atoms with E-state index in [9.17, 15) is 0 Å². The van der Waals surface area contributed by atoms with E-state index >= 15 is 0 Å². The third kappa shape index (κ3) is 8.14. The molecule has 1 unspecified atom stereocenters. The number of rotatable bonds is 9. The van der Waals surface area contributed by atoms with E-state index in [1.807, 2.05) is 25.0 Å². The minimum atomic E-state index is 0. The molecule has 0 saturated carbocycles. The molecular formula is C22H37IN6O. The van der Waals surface area contributed by atoms with Crippen molar-refractivity contribution < 1.29 is 4.74 Å². The standard InChI is InChI=1S/C22H36N6O.HI/c1-8-23-22(24-15-21(26(4)5)19-14-25-28(7)16-19)27(6)9-10-29-20-12-17(2)11-18(3)13-20;/h11-14,16,21H,8-10,15H2,1-7H3,(H,23,24);1H. The highest BCUT2D eigenvalue weighted by Crippen LogP contribution is 2.18. The molecule has 2 rings (SSSR count). The Hall–Kier alpha value is -1.81. The van der Waals surface area contributed by atoms with Gasteiger partial charge in [0.1, 0.15) is 12.4 Å². The van der Waals surface area contributed by atoms with Crippen LogP contribution in [0.5, 0.6) is 5.75 Å². The van der Waals surface area contributed by atoms with Crippen LogP contribution in [-0.2, 0) is 7.05 Å². The smallest absolute Gasteiger partial charge is 0.193 e. The Morgan fingerprint density at radius 2 is 1.87 bits per heavy atom. The van der Waals surface area contributed by atoms with Gasteiger partial charge >= 0.3 is 0 Å². The summed E-state index contributed by atoms with van der Waals surface area (Å²) in [5.74, 6) is 1.80. The number of aromatic nitrogens is 2. The first kappa shape index (κ1) is 26.2. The van der Waals surface area contributed by atoms with E-state index < -0.39 is 0 Å². The van der Waals surface area contributed by atoms with Crippen LogP contribution in [0.4, 0.5) is 0 Å². The lowest BCUT2D eigenvalue weighted by molar-refractivity contribution is 0.279. The summed E-state index contributed by atoms with van der Waals surface area (Å²) in [4.78, 5) is 9.16. The Balaban J connectivity index is 0.00000450. The Bertz CT molecular complexity index is 784. The summed E-state index contributed by atoms with van der Waals surface area (Å²) in [6, 6.07) is 6.47. The molecule has 2 aromatic rings. The number of ether oxygens (including phenoxy) is 1. The fraction of sp³-hybridized carbons (Fsp3) is 0.545. The Morgan fingerprint density at radius 1 is 1.20 bits per heavy atom. The molecule has 0 aliphatic carbocycles. The van der Waals surface area contributed by atoms with Gasteiger partial charge in [-0.2, -0.15) is 5.10 Å². The number of nitrogens with one attached hydrogen (secondary N) is 1. The number of aryl methyl sites for hydroxylation is 3. The van der Waals surface area contributed by atoms with Crippen molar-refractivity contribution in [2.75, 3.05) is 47.4 Å². The second kappa shape index (κ2) is 12.8. The zero-order valence-electron chi connectivity index (χ0n) is 19.3. The average molecular weight is 528 g/mol. The molecule has 30 heavy (non-hydrogen) atoms. The van der Waals surface area contributed by atoms with E-state index in [4.69, 9.17) is 9.73 Å². The van der Waals surface area contributed by atoms with E-state index in [1.165, 1.54) is 11.1 Å². The predicted molar refractivity (Wildman–Crippen MR) is 135 cm³/mol. The minimum Gasteiger partial charge on any atom is -0.492 e. The monoisotopic (exact) mass is 528 g/mol. The van der Waals surface area contributed by atoms with Crippen LogP contribution in [0.2, 0.25) is 0 Å². The molecule has 7 nitrogen and oxygen atoms in total. The summed E-state index contributed by atoms with van der Waals surface area (Å²) >= 11 is 0. The van der Waals surface area contributed by atoms with Gasteiger partial charge in [-0.1, -0.05) is 6.07 Å². The third-order valence-corrected chi connectivity index (χ3v) is 4.73. The molecule has 0 radical (unpaired) electrons. The molecule has 0 saturated heterocycles. The second-order valence-electron chi connectivity index (χ2n) is 7.71. The molecule has 0 amide bonds. The van der Waals surface area contributed by atoms with Gasteiger partial charge in [0.15, 0.2) is 5.96 Å². The first-order chi connectivity index (χ1) is 13.8. The van der Waals surface area contributed by atoms with Crippen molar-refractivity contribution in [3.05, 3.63) is 47.3 Å². The van der Waals surface area contributed by atoms with Gasteiger partial charge in [0.05, 0.1) is 25.3 Å². The Labute approximate surface area is 198 Å². The molecule has 0 aliphatic rings. The summed E-state index contributed by atoms with van der Waals surface area (Å²) < 4.78 is 7.79. The van der Waals surface area contributed by atoms with Gasteiger partial charge in [-0.3, -0.25) is 9.67 Å². The van der Waals surface area contributed by atoms with E-state index in [2.05, 4.69) is 79.5 Å². The highest BCUT2D eigenvalue weighted by Gasteiger charge is 2.16. The summed E-state index contributed by atoms with van der Waals surface area (Å²) in [5, 5.41) is 7.68. The number of halogens is 1. The molecule has 1 heterocycles. The van der Waals surface area contributed by atoms with Gasteiger partial charge in [-0.05, 0) is 58.1 Å². The average Bonchev–Trinajstić information content (AvgIpc) is 3.05. The molecule has 1 atom stereocenters. The van der Waals surface area contributed by atoms with Gasteiger partial charge in [-0.25, -0.2) is 0 Å². The van der Waals surface area contributed by atoms with Crippen molar-refractivity contribution in [1.82, 2.24) is 24.9 Å². The van der Waals surface area contributed by atoms with Gasteiger partial charge in [-0.15, -0.1) is 24.0 Å². The quantitative estimate of drug-likeness (QED) is 0.308. The van der Waals surface area contributed by atoms with Crippen LogP contribution in [0, 0.1) is 13.8 Å². The maximum Gasteiger partial charge on any atom is 0.193 e. The fourth-order valence-electron chi connectivity index (χ4n) is 3.24. The zero-order valence-corrected chi connectivity index (χ0v) is 21.7. The molecule has 0 spiro atoms. The van der Waals surface area contributed by atoms with Crippen LogP contribution in [0.25, 0.3) is 0 Å². The molecule has 1 aromatic carbocycles. The summed E-state index contributed by atoms with van der Waals surface area (Å²) in [6.45, 7) is 9.09. The number of nitrogens with zero attached hydrogens (tertiary/aromatic N) is 5. The van der Waals surface area contributed by atoms with Crippen LogP contribution < -0.4 is 10.1 Å². The van der Waals surface area contributed by atoms with Gasteiger partial charge in [0.2, 0.25) is 0 Å². The lowest BCUT2D eigenvalue weighted by Crippen LogP contribution is -2.41. The van der Waals surface area contributed by atoms with Crippen molar-refractivity contribution in [3.63, 3.8) is 0 Å². The number of guanidine groups is 1. The van der Waals surface area contributed by atoms with Crippen LogP contribution in [0.1, 0.15) is 29.7 Å². The van der Waals surface area contributed by atoms with E-state index in [0.717, 1.165) is 30.4 Å². The molecule has 0 aliphatic heterocycles. The number of aliphatic imine (C=N–C) groups is 1. The predicted octanol–water partition coefficient (Wildman–Crippen LogP) is 3.23. The molecule has 0 fully saturated rings. The molecule has 0 bridgehead atoms. The van der Waals surface area contributed by atoms with Crippen molar-refractivity contribution in [2.24, 2.45) is 12.0 Å². The van der Waals surface area contributed by atoms with Crippen LogP contribution >= 0.6 is 24.0 Å². The third-order valence-electron chi connectivity index (χ3n) is 4.73. The van der Waals surface area contributed by atoms with E-state index in [0.29, 0.717) is 13.2 Å². The highest BCUT2D eigenvalue weighted by atomic mass is 127. The normalized spacial score (nSPS) is 12.5. The summed E-state index contributed by atoms with van der Waals surface area (Å²) in [7, 11) is 8.12. The Morgan fingerprint density at radius 3 is 2.40 bits per heavy atom. The lowest BCUT2D eigenvalue weighted by atomic mass is 10.1. The first-order valence-corrected chi connectivity index (χ1v) is 10.2. The van der Waals surface area contributed by atoms with E-state index in [-0.39, 0.29) is 30.0 Å². The van der Waals surface area contributed by atoms with Crippen molar-refractivity contribution in [2.45, 2.75) is 26.8 Å². The van der Waals surface area contributed by atoms with Crippen molar-refractivity contribution in [1.29, 1.82) is 0 Å². The summed E-state index contributed by atoms with van der Waals surface area (Å²) in [5.41, 5.74) is 3.60. The first-order valence-electron chi connectivity index (χ1n) is 10.2. The maximum atomic E-state index is 5.96. The molecule has 1 N–H and O–H groups in total. The molecule has 168 valence electrons. The summed E-state index contributed by atoms with van der Waals surface area (Å²) in [6.07, 6.45) is 3.96.